The molecule has 0 bridgehead atoms. The fraction of sp³-hybridized carbons (Fsp3) is 0.556. The monoisotopic (exact) mass is 136 g/mol. The summed E-state index contributed by atoms with van der Waals surface area (Å²) in [5.74, 6) is 5.18. The van der Waals surface area contributed by atoms with Gasteiger partial charge in [-0.05, 0) is 6.42 Å². The van der Waals surface area contributed by atoms with Crippen LogP contribution in [0.15, 0.2) is 0 Å². The van der Waals surface area contributed by atoms with Crippen molar-refractivity contribution in [2.24, 2.45) is 0 Å². The van der Waals surface area contributed by atoms with Crippen LogP contribution in [0.1, 0.15) is 26.7 Å². The molecule has 0 rings (SSSR count). The van der Waals surface area contributed by atoms with Gasteiger partial charge in [0, 0.05) is 13.3 Å². The second-order valence-electron chi connectivity index (χ2n) is 1.91. The van der Waals surface area contributed by atoms with Crippen LogP contribution >= 0.6 is 0 Å². The maximum atomic E-state index is 5.10. The highest BCUT2D eigenvalue weighted by Gasteiger charge is 2.01. The Morgan fingerprint density at radius 1 is 1.60 bits per heavy atom. The Morgan fingerprint density at radius 3 is 2.70 bits per heavy atom. The fourth-order valence-corrected chi connectivity index (χ4v) is 0.543. The van der Waals surface area contributed by atoms with Crippen molar-refractivity contribution in [2.75, 3.05) is 0 Å². The van der Waals surface area contributed by atoms with Crippen LogP contribution in [-0.4, -0.2) is 6.10 Å². The molecule has 10 heavy (non-hydrogen) atoms. The average molecular weight is 136 g/mol. The summed E-state index contributed by atoms with van der Waals surface area (Å²) in [6.45, 7) is 3.77. The van der Waals surface area contributed by atoms with E-state index in [0.717, 1.165) is 6.42 Å². The summed E-state index contributed by atoms with van der Waals surface area (Å²) in [4.78, 5) is 0. The molecular weight excluding hydrogens is 124 g/mol. The van der Waals surface area contributed by atoms with Crippen LogP contribution in [0.2, 0.25) is 0 Å². The lowest BCUT2D eigenvalue weighted by Crippen LogP contribution is -2.06. The van der Waals surface area contributed by atoms with Gasteiger partial charge in [0.25, 0.3) is 0 Å². The zero-order valence-electron chi connectivity index (χ0n) is 6.48. The Labute approximate surface area is 62.8 Å². The van der Waals surface area contributed by atoms with Crippen LogP contribution in [0.25, 0.3) is 0 Å². The first-order valence-corrected chi connectivity index (χ1v) is 3.36. The van der Waals surface area contributed by atoms with E-state index in [1.807, 2.05) is 6.92 Å². The highest BCUT2D eigenvalue weighted by Crippen LogP contribution is 2.00. The number of ether oxygens (including phenoxy) is 1. The molecule has 0 aromatic heterocycles. The molecule has 1 nitrogen and oxygen atoms in total. The molecule has 0 saturated carbocycles. The Balaban J connectivity index is 3.58. The van der Waals surface area contributed by atoms with E-state index < -0.39 is 0 Å². The first kappa shape index (κ1) is 8.92. The van der Waals surface area contributed by atoms with E-state index >= 15 is 0 Å². The molecule has 54 valence electrons. The van der Waals surface area contributed by atoms with Crippen molar-refractivity contribution < 1.29 is 4.74 Å². The molecule has 0 aromatic rings. The Morgan fingerprint density at radius 2 is 2.30 bits per heavy atom. The zero-order valence-corrected chi connectivity index (χ0v) is 6.48. The Kier molecular flexibility index (Phi) is 5.39. The van der Waals surface area contributed by atoms with Gasteiger partial charge in [0.05, 0.1) is 0 Å². The lowest BCUT2D eigenvalue weighted by molar-refractivity contribution is 0.167. The van der Waals surface area contributed by atoms with Crippen molar-refractivity contribution >= 4 is 0 Å². The van der Waals surface area contributed by atoms with Gasteiger partial charge in [0.15, 0.2) is 0 Å². The Hall–Kier alpha value is -1.08. The molecule has 0 aliphatic rings. The lowest BCUT2D eigenvalue weighted by atomic mass is 10.2. The van der Waals surface area contributed by atoms with Crippen LogP contribution < -0.4 is 0 Å². The van der Waals surface area contributed by atoms with Gasteiger partial charge in [0.2, 0.25) is 0 Å². The smallest absolute Gasteiger partial charge is 0.121 e. The second kappa shape index (κ2) is 6.05. The minimum Gasteiger partial charge on any atom is -0.442 e. The van der Waals surface area contributed by atoms with Gasteiger partial charge in [-0.1, -0.05) is 12.8 Å². The molecule has 0 saturated heterocycles. The summed E-state index contributed by atoms with van der Waals surface area (Å²) in [7, 11) is 0. The van der Waals surface area contributed by atoms with E-state index in [2.05, 4.69) is 17.9 Å². The topological polar surface area (TPSA) is 9.23 Å². The molecule has 1 heteroatoms. The van der Waals surface area contributed by atoms with Crippen LogP contribution in [0.4, 0.5) is 0 Å². The van der Waals surface area contributed by atoms with Gasteiger partial charge in [0.1, 0.15) is 12.2 Å². The minimum absolute atomic E-state index is 0.109. The number of hydrogen-bond donors (Lipinski definition) is 0. The van der Waals surface area contributed by atoms with Crippen LogP contribution in [0.3, 0.4) is 0 Å². The van der Waals surface area contributed by atoms with E-state index in [-0.39, 0.29) is 6.10 Å². The van der Waals surface area contributed by atoms with Gasteiger partial charge >= 0.3 is 0 Å². The second-order valence-corrected chi connectivity index (χ2v) is 1.91. The molecule has 0 fully saturated rings. The van der Waals surface area contributed by atoms with Crippen molar-refractivity contribution in [3.63, 3.8) is 0 Å². The molecule has 0 heterocycles. The Bertz CT molecular complexity index is 165. The van der Waals surface area contributed by atoms with E-state index in [9.17, 15) is 0 Å². The van der Waals surface area contributed by atoms with E-state index in [1.165, 1.54) is 0 Å². The van der Waals surface area contributed by atoms with Gasteiger partial charge < -0.3 is 4.74 Å². The van der Waals surface area contributed by atoms with Gasteiger partial charge in [-0.15, -0.1) is 12.3 Å². The van der Waals surface area contributed by atoms with Crippen molar-refractivity contribution in [3.8, 4) is 24.4 Å². The van der Waals surface area contributed by atoms with Crippen LogP contribution in [-0.2, 0) is 4.74 Å². The van der Waals surface area contributed by atoms with E-state index in [4.69, 9.17) is 11.2 Å². The maximum Gasteiger partial charge on any atom is 0.121 e. The van der Waals surface area contributed by atoms with E-state index in [1.54, 1.807) is 6.92 Å². The minimum atomic E-state index is 0.109. The third-order valence-corrected chi connectivity index (χ3v) is 1.13. The largest absolute Gasteiger partial charge is 0.442 e. The molecule has 0 aliphatic heterocycles. The molecule has 0 aliphatic carbocycles. The number of hydrogen-bond acceptors (Lipinski definition) is 1. The molecule has 1 unspecified atom stereocenters. The molecule has 0 amide bonds. The number of rotatable bonds is 3. The molecule has 0 N–H and O–H groups in total. The van der Waals surface area contributed by atoms with Gasteiger partial charge in [-0.25, -0.2) is 0 Å². The quantitative estimate of drug-likeness (QED) is 0.537. The van der Waals surface area contributed by atoms with Crippen molar-refractivity contribution in [1.29, 1.82) is 0 Å². The van der Waals surface area contributed by atoms with Crippen molar-refractivity contribution in [2.45, 2.75) is 32.8 Å². The molecule has 1 atom stereocenters. The third kappa shape index (κ3) is 3.87. The fourth-order valence-electron chi connectivity index (χ4n) is 0.543. The third-order valence-electron chi connectivity index (χ3n) is 1.13. The number of terminal acetylenes is 1. The summed E-state index contributed by atoms with van der Waals surface area (Å²) >= 11 is 0. The molecule has 0 aromatic carbocycles. The standard InChI is InChI=1S/C9H12O/c1-4-7-9(6-3)10-8-5-2/h1,9H,6-7H2,2-3H3. The lowest BCUT2D eigenvalue weighted by Gasteiger charge is -2.06. The van der Waals surface area contributed by atoms with Gasteiger partial charge in [-0.3, -0.25) is 0 Å². The predicted octanol–water partition coefficient (Wildman–Crippen LogP) is 1.79. The normalized spacial score (nSPS) is 10.5. The highest BCUT2D eigenvalue weighted by atomic mass is 16.5. The summed E-state index contributed by atoms with van der Waals surface area (Å²) in [5, 5.41) is 0. The van der Waals surface area contributed by atoms with Crippen LogP contribution in [0.5, 0.6) is 0 Å². The molecule has 0 spiro atoms. The SMILES string of the molecule is C#CCC(CC)OC#CC. The zero-order chi connectivity index (χ0) is 7.82. The van der Waals surface area contributed by atoms with Crippen LogP contribution in [0, 0.1) is 24.4 Å². The summed E-state index contributed by atoms with van der Waals surface area (Å²) in [6, 6.07) is 0. The van der Waals surface area contributed by atoms with Crippen molar-refractivity contribution in [1.82, 2.24) is 0 Å². The molecular formula is C9H12O. The summed E-state index contributed by atoms with van der Waals surface area (Å²) in [6.07, 6.45) is 9.31. The predicted molar refractivity (Wildman–Crippen MR) is 42.1 cm³/mol. The molecule has 0 radical (unpaired) electrons. The maximum absolute atomic E-state index is 5.10. The first-order valence-electron chi connectivity index (χ1n) is 3.36. The summed E-state index contributed by atoms with van der Waals surface area (Å²) < 4.78 is 5.08. The van der Waals surface area contributed by atoms with E-state index in [0.29, 0.717) is 6.42 Å². The summed E-state index contributed by atoms with van der Waals surface area (Å²) in [5.41, 5.74) is 0. The van der Waals surface area contributed by atoms with Crippen molar-refractivity contribution in [3.05, 3.63) is 0 Å². The average Bonchev–Trinajstić information content (AvgIpc) is 1.98. The van der Waals surface area contributed by atoms with Gasteiger partial charge in [-0.2, -0.15) is 0 Å². The first-order chi connectivity index (χ1) is 4.85. The highest BCUT2D eigenvalue weighted by molar-refractivity contribution is 4.91.